The Morgan fingerprint density at radius 3 is 3.15 bits per heavy atom. The normalized spacial score (nSPS) is 28.1. The summed E-state index contributed by atoms with van der Waals surface area (Å²) in [6, 6.07) is 5.90. The number of benzene rings is 1. The standard InChI is InChI=1S/C15H20ClNO3/c1-19-13-7-10(4-5-12(13)16)15(18)14-8-17-6-2-3-11(17)9-20-14/h4-5,7,11,14-15,18H,2-3,6,8-9H2,1H3. The fraction of sp³-hybridized carbons (Fsp3) is 0.600. The summed E-state index contributed by atoms with van der Waals surface area (Å²) in [6.07, 6.45) is 1.60. The SMILES string of the molecule is COc1cc(C(O)C2CN3CCCC3CO2)ccc1Cl. The van der Waals surface area contributed by atoms with E-state index in [0.717, 1.165) is 18.7 Å². The zero-order valence-electron chi connectivity index (χ0n) is 11.6. The number of morpholine rings is 1. The summed E-state index contributed by atoms with van der Waals surface area (Å²) in [5.41, 5.74) is 0.786. The highest BCUT2D eigenvalue weighted by atomic mass is 35.5. The van der Waals surface area contributed by atoms with Gasteiger partial charge in [0.2, 0.25) is 0 Å². The zero-order chi connectivity index (χ0) is 14.1. The fourth-order valence-electron chi connectivity index (χ4n) is 3.11. The second-order valence-electron chi connectivity index (χ2n) is 5.50. The quantitative estimate of drug-likeness (QED) is 0.929. The Bertz CT molecular complexity index is 482. The molecular formula is C15H20ClNO3. The molecule has 0 radical (unpaired) electrons. The minimum atomic E-state index is -0.650. The van der Waals surface area contributed by atoms with E-state index in [0.29, 0.717) is 23.4 Å². The van der Waals surface area contributed by atoms with Crippen LogP contribution in [0.4, 0.5) is 0 Å². The van der Waals surface area contributed by atoms with E-state index in [1.54, 1.807) is 19.2 Å². The van der Waals surface area contributed by atoms with Crippen LogP contribution in [0.1, 0.15) is 24.5 Å². The lowest BCUT2D eigenvalue weighted by Gasteiger charge is -2.37. The average molecular weight is 298 g/mol. The van der Waals surface area contributed by atoms with Crippen molar-refractivity contribution in [2.45, 2.75) is 31.1 Å². The number of ether oxygens (including phenoxy) is 2. The van der Waals surface area contributed by atoms with Gasteiger partial charge in [0, 0.05) is 12.6 Å². The van der Waals surface area contributed by atoms with E-state index < -0.39 is 6.10 Å². The molecule has 110 valence electrons. The summed E-state index contributed by atoms with van der Waals surface area (Å²) < 4.78 is 11.0. The van der Waals surface area contributed by atoms with Crippen LogP contribution >= 0.6 is 11.6 Å². The van der Waals surface area contributed by atoms with Crippen molar-refractivity contribution in [3.8, 4) is 5.75 Å². The van der Waals surface area contributed by atoms with Gasteiger partial charge in [-0.1, -0.05) is 17.7 Å². The number of rotatable bonds is 3. The predicted octanol–water partition coefficient (Wildman–Crippen LogP) is 2.25. The lowest BCUT2D eigenvalue weighted by atomic mass is 10.0. The molecule has 0 amide bonds. The summed E-state index contributed by atoms with van der Waals surface area (Å²) in [7, 11) is 1.57. The van der Waals surface area contributed by atoms with Crippen molar-refractivity contribution in [1.29, 1.82) is 0 Å². The Kier molecular flexibility index (Phi) is 4.17. The monoisotopic (exact) mass is 297 g/mol. The van der Waals surface area contributed by atoms with Crippen LogP contribution in [-0.2, 0) is 4.74 Å². The van der Waals surface area contributed by atoms with E-state index >= 15 is 0 Å². The van der Waals surface area contributed by atoms with Gasteiger partial charge in [0.1, 0.15) is 18.0 Å². The van der Waals surface area contributed by atoms with Gasteiger partial charge in [-0.3, -0.25) is 4.90 Å². The third kappa shape index (κ3) is 2.66. The molecule has 0 spiro atoms. The Hall–Kier alpha value is -0.810. The first-order valence-electron chi connectivity index (χ1n) is 7.06. The number of fused-ring (bicyclic) bond motifs is 1. The predicted molar refractivity (Wildman–Crippen MR) is 77.3 cm³/mol. The number of halogens is 1. The van der Waals surface area contributed by atoms with Crippen molar-refractivity contribution in [3.63, 3.8) is 0 Å². The molecule has 2 aliphatic rings. The van der Waals surface area contributed by atoms with E-state index in [-0.39, 0.29) is 6.10 Å². The topological polar surface area (TPSA) is 41.9 Å². The van der Waals surface area contributed by atoms with Crippen LogP contribution in [0, 0.1) is 0 Å². The Labute approximate surface area is 124 Å². The minimum Gasteiger partial charge on any atom is -0.495 e. The summed E-state index contributed by atoms with van der Waals surface area (Å²) in [5.74, 6) is 0.582. The van der Waals surface area contributed by atoms with E-state index in [1.807, 2.05) is 6.07 Å². The van der Waals surface area contributed by atoms with Crippen LogP contribution in [0.5, 0.6) is 5.75 Å². The molecule has 2 aliphatic heterocycles. The van der Waals surface area contributed by atoms with Crippen molar-refractivity contribution in [1.82, 2.24) is 4.90 Å². The maximum atomic E-state index is 10.5. The van der Waals surface area contributed by atoms with Crippen LogP contribution in [0.25, 0.3) is 0 Å². The van der Waals surface area contributed by atoms with Crippen molar-refractivity contribution in [3.05, 3.63) is 28.8 Å². The lowest BCUT2D eigenvalue weighted by Crippen LogP contribution is -2.48. The molecule has 3 atom stereocenters. The average Bonchev–Trinajstić information content (AvgIpc) is 2.94. The van der Waals surface area contributed by atoms with Gasteiger partial charge >= 0.3 is 0 Å². The molecule has 0 bridgehead atoms. The van der Waals surface area contributed by atoms with Gasteiger partial charge < -0.3 is 14.6 Å². The highest BCUT2D eigenvalue weighted by Gasteiger charge is 2.35. The second kappa shape index (κ2) is 5.90. The molecule has 3 rings (SSSR count). The number of nitrogens with zero attached hydrogens (tertiary/aromatic N) is 1. The molecule has 4 nitrogen and oxygen atoms in total. The van der Waals surface area contributed by atoms with Crippen molar-refractivity contribution < 1.29 is 14.6 Å². The Balaban J connectivity index is 1.73. The van der Waals surface area contributed by atoms with E-state index in [4.69, 9.17) is 21.1 Å². The minimum absolute atomic E-state index is 0.185. The molecule has 2 saturated heterocycles. The molecule has 2 heterocycles. The van der Waals surface area contributed by atoms with E-state index in [1.165, 1.54) is 12.8 Å². The summed E-state index contributed by atoms with van der Waals surface area (Å²) >= 11 is 6.01. The molecule has 1 aromatic rings. The summed E-state index contributed by atoms with van der Waals surface area (Å²) in [4.78, 5) is 2.42. The van der Waals surface area contributed by atoms with Gasteiger partial charge in [0.05, 0.1) is 18.7 Å². The van der Waals surface area contributed by atoms with Crippen molar-refractivity contribution in [2.24, 2.45) is 0 Å². The molecule has 1 N–H and O–H groups in total. The van der Waals surface area contributed by atoms with Crippen LogP contribution in [0.2, 0.25) is 5.02 Å². The van der Waals surface area contributed by atoms with Crippen LogP contribution in [-0.4, -0.2) is 49.0 Å². The molecule has 2 fully saturated rings. The third-order valence-corrected chi connectivity index (χ3v) is 4.60. The molecule has 3 unspecified atom stereocenters. The van der Waals surface area contributed by atoms with Gasteiger partial charge in [-0.15, -0.1) is 0 Å². The van der Waals surface area contributed by atoms with E-state index in [2.05, 4.69) is 4.90 Å². The number of methoxy groups -OCH3 is 1. The lowest BCUT2D eigenvalue weighted by molar-refractivity contribution is -0.103. The zero-order valence-corrected chi connectivity index (χ0v) is 12.3. The van der Waals surface area contributed by atoms with Gasteiger partial charge in [-0.05, 0) is 37.1 Å². The Morgan fingerprint density at radius 2 is 2.35 bits per heavy atom. The van der Waals surface area contributed by atoms with Crippen LogP contribution in [0.3, 0.4) is 0 Å². The first kappa shape index (κ1) is 14.1. The first-order chi connectivity index (χ1) is 9.69. The molecule has 0 aromatic heterocycles. The second-order valence-corrected chi connectivity index (χ2v) is 5.91. The van der Waals surface area contributed by atoms with Gasteiger partial charge in [-0.25, -0.2) is 0 Å². The summed E-state index contributed by atoms with van der Waals surface area (Å²) in [5, 5.41) is 11.1. The highest BCUT2D eigenvalue weighted by molar-refractivity contribution is 6.32. The largest absolute Gasteiger partial charge is 0.495 e. The van der Waals surface area contributed by atoms with Crippen LogP contribution < -0.4 is 4.74 Å². The first-order valence-corrected chi connectivity index (χ1v) is 7.44. The Morgan fingerprint density at radius 1 is 1.50 bits per heavy atom. The number of hydrogen-bond acceptors (Lipinski definition) is 4. The molecule has 20 heavy (non-hydrogen) atoms. The number of aliphatic hydroxyl groups excluding tert-OH is 1. The van der Waals surface area contributed by atoms with Gasteiger partial charge in [-0.2, -0.15) is 0 Å². The molecule has 0 saturated carbocycles. The fourth-order valence-corrected chi connectivity index (χ4v) is 3.30. The third-order valence-electron chi connectivity index (χ3n) is 4.29. The molecule has 0 aliphatic carbocycles. The molecule has 1 aromatic carbocycles. The van der Waals surface area contributed by atoms with Gasteiger partial charge in [0.25, 0.3) is 0 Å². The van der Waals surface area contributed by atoms with E-state index in [9.17, 15) is 5.11 Å². The smallest absolute Gasteiger partial charge is 0.137 e. The van der Waals surface area contributed by atoms with Crippen LogP contribution in [0.15, 0.2) is 18.2 Å². The summed E-state index contributed by atoms with van der Waals surface area (Å²) in [6.45, 7) is 2.62. The molecular weight excluding hydrogens is 278 g/mol. The highest BCUT2D eigenvalue weighted by Crippen LogP contribution is 2.32. The number of hydrogen-bond donors (Lipinski definition) is 1. The maximum absolute atomic E-state index is 10.5. The number of aliphatic hydroxyl groups is 1. The maximum Gasteiger partial charge on any atom is 0.137 e. The molecule has 5 heteroatoms. The van der Waals surface area contributed by atoms with Crippen molar-refractivity contribution >= 4 is 11.6 Å². The van der Waals surface area contributed by atoms with Crippen molar-refractivity contribution in [2.75, 3.05) is 26.8 Å². The van der Waals surface area contributed by atoms with Gasteiger partial charge in [0.15, 0.2) is 0 Å².